The summed E-state index contributed by atoms with van der Waals surface area (Å²) in [7, 11) is 3.25. The molecule has 0 saturated carbocycles. The van der Waals surface area contributed by atoms with E-state index in [9.17, 15) is 9.59 Å². The molecule has 0 aliphatic rings. The van der Waals surface area contributed by atoms with Crippen molar-refractivity contribution in [1.29, 1.82) is 0 Å². The Morgan fingerprint density at radius 1 is 1.20 bits per heavy atom. The number of fused-ring (bicyclic) bond motifs is 1. The highest BCUT2D eigenvalue weighted by molar-refractivity contribution is 5.77. The predicted molar refractivity (Wildman–Crippen MR) is 92.5 cm³/mol. The molecule has 130 valence electrons. The van der Waals surface area contributed by atoms with Crippen LogP contribution in [0.15, 0.2) is 41.6 Å². The average Bonchev–Trinajstić information content (AvgIpc) is 3.02. The highest BCUT2D eigenvalue weighted by Crippen LogP contribution is 2.11. The van der Waals surface area contributed by atoms with Gasteiger partial charge >= 0.3 is 0 Å². The smallest absolute Gasteiger partial charge is 0.270 e. The summed E-state index contributed by atoms with van der Waals surface area (Å²) in [6.07, 6.45) is 3.47. The molecule has 0 atom stereocenters. The number of ether oxygens (including phenoxy) is 1. The largest absolute Gasteiger partial charge is 0.497 e. The van der Waals surface area contributed by atoms with Crippen molar-refractivity contribution in [2.45, 2.75) is 13.0 Å². The maximum absolute atomic E-state index is 12.1. The molecule has 2 heterocycles. The van der Waals surface area contributed by atoms with Crippen LogP contribution in [0, 0.1) is 0 Å². The van der Waals surface area contributed by atoms with Crippen LogP contribution in [0.4, 0.5) is 0 Å². The van der Waals surface area contributed by atoms with Gasteiger partial charge in [0.15, 0.2) is 11.3 Å². The molecule has 1 aromatic carbocycles. The monoisotopic (exact) mass is 341 g/mol. The third-order valence-corrected chi connectivity index (χ3v) is 3.95. The zero-order valence-corrected chi connectivity index (χ0v) is 14.1. The van der Waals surface area contributed by atoms with Crippen LogP contribution in [0.5, 0.6) is 5.75 Å². The molecule has 3 rings (SSSR count). The molecule has 0 aliphatic heterocycles. The highest BCUT2D eigenvalue weighted by atomic mass is 16.5. The van der Waals surface area contributed by atoms with Crippen molar-refractivity contribution in [3.05, 3.63) is 52.7 Å². The second-order valence-corrected chi connectivity index (χ2v) is 5.62. The van der Waals surface area contributed by atoms with Gasteiger partial charge in [0.05, 0.1) is 19.6 Å². The summed E-state index contributed by atoms with van der Waals surface area (Å²) in [6, 6.07) is 7.73. The third kappa shape index (κ3) is 3.68. The minimum Gasteiger partial charge on any atom is -0.497 e. The fraction of sp³-hybridized carbons (Fsp3) is 0.294. The van der Waals surface area contributed by atoms with Crippen molar-refractivity contribution in [3.8, 4) is 5.75 Å². The topological polar surface area (TPSA) is 91.0 Å². The Morgan fingerprint density at radius 3 is 2.68 bits per heavy atom. The molecule has 8 heteroatoms. The van der Waals surface area contributed by atoms with Crippen LogP contribution in [-0.2, 0) is 24.8 Å². The van der Waals surface area contributed by atoms with E-state index in [2.05, 4.69) is 15.3 Å². The van der Waals surface area contributed by atoms with E-state index in [0.29, 0.717) is 17.8 Å². The molecule has 0 radical (unpaired) electrons. The standard InChI is InChI=1S/C17H19N5O3/c1-21-15(24)9-19-17-16(21)20-11-22(17)10-14(23)18-8-7-12-3-5-13(25-2)6-4-12/h3-6,9,11H,7-8,10H2,1-2H3,(H,18,23). The number of hydrogen-bond donors (Lipinski definition) is 1. The number of nitrogens with zero attached hydrogens (tertiary/aromatic N) is 4. The van der Waals surface area contributed by atoms with Gasteiger partial charge in [-0.05, 0) is 24.1 Å². The van der Waals surface area contributed by atoms with E-state index in [1.54, 1.807) is 18.7 Å². The number of imidazole rings is 1. The number of methoxy groups -OCH3 is 1. The maximum atomic E-state index is 12.1. The summed E-state index contributed by atoms with van der Waals surface area (Å²) in [5, 5.41) is 2.87. The number of carbonyl (C=O) groups is 1. The summed E-state index contributed by atoms with van der Waals surface area (Å²) >= 11 is 0. The molecule has 0 fully saturated rings. The van der Waals surface area contributed by atoms with Crippen LogP contribution < -0.4 is 15.6 Å². The number of aryl methyl sites for hydroxylation is 1. The number of aromatic nitrogens is 4. The normalized spacial score (nSPS) is 10.8. The minimum atomic E-state index is -0.235. The van der Waals surface area contributed by atoms with Gasteiger partial charge in [-0.25, -0.2) is 9.97 Å². The third-order valence-electron chi connectivity index (χ3n) is 3.95. The van der Waals surface area contributed by atoms with Crippen LogP contribution >= 0.6 is 0 Å². The number of hydrogen-bond acceptors (Lipinski definition) is 5. The fourth-order valence-corrected chi connectivity index (χ4v) is 2.51. The molecule has 25 heavy (non-hydrogen) atoms. The highest BCUT2D eigenvalue weighted by Gasteiger charge is 2.10. The first-order valence-corrected chi connectivity index (χ1v) is 7.85. The van der Waals surface area contributed by atoms with Gasteiger partial charge in [-0.3, -0.25) is 14.2 Å². The van der Waals surface area contributed by atoms with Crippen molar-refractivity contribution in [3.63, 3.8) is 0 Å². The molecular formula is C17H19N5O3. The van der Waals surface area contributed by atoms with Crippen molar-refractivity contribution >= 4 is 17.2 Å². The maximum Gasteiger partial charge on any atom is 0.270 e. The van der Waals surface area contributed by atoms with Crippen molar-refractivity contribution in [2.75, 3.05) is 13.7 Å². The van der Waals surface area contributed by atoms with E-state index >= 15 is 0 Å². The quantitative estimate of drug-likeness (QED) is 0.705. The van der Waals surface area contributed by atoms with Gasteiger partial charge in [0.1, 0.15) is 12.3 Å². The van der Waals surface area contributed by atoms with Gasteiger partial charge in [0.25, 0.3) is 5.56 Å². The minimum absolute atomic E-state index is 0.102. The Labute approximate surface area is 144 Å². The van der Waals surface area contributed by atoms with Gasteiger partial charge in [-0.1, -0.05) is 12.1 Å². The fourth-order valence-electron chi connectivity index (χ4n) is 2.51. The lowest BCUT2D eigenvalue weighted by Crippen LogP contribution is -2.29. The molecule has 8 nitrogen and oxygen atoms in total. The van der Waals surface area contributed by atoms with Crippen LogP contribution in [0.25, 0.3) is 11.3 Å². The first-order valence-electron chi connectivity index (χ1n) is 7.85. The number of carbonyl (C=O) groups excluding carboxylic acids is 1. The lowest BCUT2D eigenvalue weighted by atomic mass is 10.1. The van der Waals surface area contributed by atoms with E-state index < -0.39 is 0 Å². The van der Waals surface area contributed by atoms with Crippen LogP contribution in [-0.4, -0.2) is 38.7 Å². The molecule has 3 aromatic rings. The Hall–Kier alpha value is -3.16. The number of rotatable bonds is 6. The van der Waals surface area contributed by atoms with Gasteiger partial charge in [0, 0.05) is 13.6 Å². The summed E-state index contributed by atoms with van der Waals surface area (Å²) < 4.78 is 8.14. The molecule has 0 spiro atoms. The van der Waals surface area contributed by atoms with Gasteiger partial charge < -0.3 is 14.6 Å². The second kappa shape index (κ2) is 7.16. The molecule has 1 N–H and O–H groups in total. The van der Waals surface area contributed by atoms with Gasteiger partial charge in [-0.15, -0.1) is 0 Å². The summed E-state index contributed by atoms with van der Waals surface area (Å²) in [5.74, 6) is 0.671. The molecule has 0 aliphatic carbocycles. The average molecular weight is 341 g/mol. The number of nitrogens with one attached hydrogen (secondary N) is 1. The predicted octanol–water partition coefficient (Wildman–Crippen LogP) is 0.497. The Balaban J connectivity index is 1.57. The zero-order chi connectivity index (χ0) is 17.8. The SMILES string of the molecule is COc1ccc(CCNC(=O)Cn2cnc3c2ncc(=O)n3C)cc1. The lowest BCUT2D eigenvalue weighted by molar-refractivity contribution is -0.121. The summed E-state index contributed by atoms with van der Waals surface area (Å²) in [4.78, 5) is 31.9. The summed E-state index contributed by atoms with van der Waals surface area (Å²) in [5.41, 5.74) is 1.85. The van der Waals surface area contributed by atoms with Crippen molar-refractivity contribution in [1.82, 2.24) is 24.4 Å². The zero-order valence-electron chi connectivity index (χ0n) is 14.1. The van der Waals surface area contributed by atoms with Crippen LogP contribution in [0.3, 0.4) is 0 Å². The van der Waals surface area contributed by atoms with E-state index in [1.165, 1.54) is 17.1 Å². The van der Waals surface area contributed by atoms with Crippen molar-refractivity contribution in [2.24, 2.45) is 7.05 Å². The first-order chi connectivity index (χ1) is 12.1. The van der Waals surface area contributed by atoms with Gasteiger partial charge in [-0.2, -0.15) is 0 Å². The second-order valence-electron chi connectivity index (χ2n) is 5.62. The number of amides is 1. The lowest BCUT2D eigenvalue weighted by Gasteiger charge is -2.07. The Morgan fingerprint density at radius 2 is 1.96 bits per heavy atom. The van der Waals surface area contributed by atoms with E-state index in [4.69, 9.17) is 4.74 Å². The van der Waals surface area contributed by atoms with Crippen LogP contribution in [0.1, 0.15) is 5.56 Å². The van der Waals surface area contributed by atoms with Crippen molar-refractivity contribution < 1.29 is 9.53 Å². The molecule has 1 amide bonds. The molecule has 0 bridgehead atoms. The van der Waals surface area contributed by atoms with Crippen LogP contribution in [0.2, 0.25) is 0 Å². The molecule has 2 aromatic heterocycles. The molecular weight excluding hydrogens is 322 g/mol. The number of benzene rings is 1. The summed E-state index contributed by atoms with van der Waals surface area (Å²) in [6.45, 7) is 0.633. The van der Waals surface area contributed by atoms with Gasteiger partial charge in [0.2, 0.25) is 5.91 Å². The van der Waals surface area contributed by atoms with E-state index in [-0.39, 0.29) is 18.0 Å². The Bertz CT molecular complexity index is 943. The van der Waals surface area contributed by atoms with E-state index in [0.717, 1.165) is 17.7 Å². The Kier molecular flexibility index (Phi) is 4.78. The first kappa shape index (κ1) is 16.7. The van der Waals surface area contributed by atoms with E-state index in [1.807, 2.05) is 24.3 Å². The molecule has 0 saturated heterocycles. The molecule has 0 unspecified atom stereocenters.